The van der Waals surface area contributed by atoms with Crippen LogP contribution >= 0.6 is 0 Å². The molecule has 0 spiro atoms. The van der Waals surface area contributed by atoms with Crippen LogP contribution < -0.4 is 21.5 Å². The van der Waals surface area contributed by atoms with Crippen molar-refractivity contribution in [3.63, 3.8) is 0 Å². The fourth-order valence-electron chi connectivity index (χ4n) is 4.37. The predicted molar refractivity (Wildman–Crippen MR) is 134 cm³/mol. The predicted octanol–water partition coefficient (Wildman–Crippen LogP) is 1.48. The maximum absolute atomic E-state index is 13.7. The van der Waals surface area contributed by atoms with Crippen molar-refractivity contribution in [3.05, 3.63) is 52.0 Å². The lowest BCUT2D eigenvalue weighted by Crippen LogP contribution is -2.48. The van der Waals surface area contributed by atoms with E-state index >= 15 is 0 Å². The zero-order valence-electron chi connectivity index (χ0n) is 20.7. The number of hydrogen-bond acceptors (Lipinski definition) is 9. The Morgan fingerprint density at radius 2 is 2.17 bits per heavy atom. The number of hydrogen-bond donors (Lipinski definition) is 3. The lowest BCUT2D eigenvalue weighted by molar-refractivity contribution is -0.119. The van der Waals surface area contributed by atoms with Crippen LogP contribution in [0, 0.1) is 0 Å². The Morgan fingerprint density at radius 3 is 2.81 bits per heavy atom. The first-order valence-corrected chi connectivity index (χ1v) is 11.9. The fraction of sp³-hybridized carbons (Fsp3) is 0.500. The number of rotatable bonds is 7. The largest absolute Gasteiger partial charge is 0.379 e. The first kappa shape index (κ1) is 25.6. The average Bonchev–Trinajstić information content (AvgIpc) is 2.90. The van der Waals surface area contributed by atoms with Crippen molar-refractivity contribution in [3.8, 4) is 0 Å². The summed E-state index contributed by atoms with van der Waals surface area (Å²) in [5, 5.41) is 14.1. The minimum absolute atomic E-state index is 0.164. The molecule has 1 aromatic heterocycles. The monoisotopic (exact) mass is 501 g/mol. The zero-order chi connectivity index (χ0) is 25.8. The highest BCUT2D eigenvalue weighted by molar-refractivity contribution is 6.06. The molecule has 0 unspecified atom stereocenters. The molecule has 1 saturated heterocycles. The van der Waals surface area contributed by atoms with E-state index in [1.165, 1.54) is 5.01 Å². The molecule has 4 atom stereocenters. The number of aromatic nitrogens is 1. The van der Waals surface area contributed by atoms with Crippen LogP contribution in [-0.2, 0) is 14.3 Å². The van der Waals surface area contributed by atoms with E-state index < -0.39 is 18.1 Å². The number of methoxy groups -OCH3 is 1. The summed E-state index contributed by atoms with van der Waals surface area (Å²) in [7, 11) is 3.29. The number of carbonyl (C=O) groups excluding carboxylic acids is 1. The van der Waals surface area contributed by atoms with Crippen molar-refractivity contribution in [2.45, 2.75) is 50.5 Å². The maximum Gasteiger partial charge on any atom is 0.274 e. The standard InChI is InChI=1S/C24H32FN7O4/c1-14(23(33)29-16-8-7-15(16)25)22-30-20(12-21(26-2)32(22)27-3)28-17-6-5-10-31(24(17)34)18-9-11-36-13-19(18)35-4/h5-6,10,12,15-16,18-19,26H,3,7-9,11,13H2,1-2,4H3,(H,28,30)(H,29,33)/b22-14+/t15-,16+,18-,19+/m1/s1. The number of carbonyl (C=O) groups is 1. The van der Waals surface area contributed by atoms with Gasteiger partial charge in [-0.05, 0) is 38.3 Å². The molecule has 1 aliphatic carbocycles. The summed E-state index contributed by atoms with van der Waals surface area (Å²) in [5.41, 5.74) is 0.301. The van der Waals surface area contributed by atoms with Gasteiger partial charge in [0.05, 0.1) is 24.3 Å². The highest BCUT2D eigenvalue weighted by Gasteiger charge is 2.33. The number of amidine groups is 1. The smallest absolute Gasteiger partial charge is 0.274 e. The molecule has 1 amide bonds. The SMILES string of the molecule is C=NN1C(NC)=CC(Nc2cccn([C@@H]3CCOC[C@@H]3OC)c2=O)=N/C1=C(/C)C(=O)N[C@H]1CC[C@H]1F. The molecule has 3 N–H and O–H groups in total. The van der Waals surface area contributed by atoms with E-state index in [0.717, 1.165) is 0 Å². The van der Waals surface area contributed by atoms with Crippen LogP contribution in [0.3, 0.4) is 0 Å². The molecule has 36 heavy (non-hydrogen) atoms. The Bertz CT molecular complexity index is 1160. The van der Waals surface area contributed by atoms with Gasteiger partial charge in [0.25, 0.3) is 11.5 Å². The van der Waals surface area contributed by atoms with Gasteiger partial charge in [0.15, 0.2) is 5.82 Å². The lowest BCUT2D eigenvalue weighted by Gasteiger charge is -2.32. The van der Waals surface area contributed by atoms with Crippen LogP contribution in [0.2, 0.25) is 0 Å². The molecule has 2 aliphatic heterocycles. The molecule has 2 fully saturated rings. The number of nitrogens with zero attached hydrogens (tertiary/aromatic N) is 4. The van der Waals surface area contributed by atoms with Crippen LogP contribution in [0.15, 0.2) is 56.5 Å². The van der Waals surface area contributed by atoms with Gasteiger partial charge in [-0.15, -0.1) is 0 Å². The van der Waals surface area contributed by atoms with E-state index in [2.05, 4.69) is 32.8 Å². The summed E-state index contributed by atoms with van der Waals surface area (Å²) in [6.07, 6.45) is 3.77. The van der Waals surface area contributed by atoms with E-state index in [9.17, 15) is 14.0 Å². The summed E-state index contributed by atoms with van der Waals surface area (Å²) < 4.78 is 26.4. The molecule has 4 rings (SSSR count). The maximum atomic E-state index is 13.7. The highest BCUT2D eigenvalue weighted by atomic mass is 19.1. The van der Waals surface area contributed by atoms with Crippen LogP contribution in [0.4, 0.5) is 10.1 Å². The van der Waals surface area contributed by atoms with Crippen molar-refractivity contribution in [1.82, 2.24) is 20.2 Å². The van der Waals surface area contributed by atoms with Gasteiger partial charge in [-0.25, -0.2) is 9.38 Å². The second-order valence-electron chi connectivity index (χ2n) is 8.82. The number of ether oxygens (including phenoxy) is 2. The molecule has 1 aromatic rings. The van der Waals surface area contributed by atoms with Crippen LogP contribution in [-0.4, -0.2) is 73.7 Å². The Hall–Kier alpha value is -3.51. The van der Waals surface area contributed by atoms with Crippen molar-refractivity contribution < 1.29 is 18.7 Å². The van der Waals surface area contributed by atoms with Crippen molar-refractivity contribution in [2.75, 3.05) is 32.7 Å². The molecule has 0 bridgehead atoms. The Morgan fingerprint density at radius 1 is 1.36 bits per heavy atom. The van der Waals surface area contributed by atoms with Gasteiger partial charge in [0, 0.05) is 39.8 Å². The number of anilines is 1. The van der Waals surface area contributed by atoms with Gasteiger partial charge >= 0.3 is 0 Å². The zero-order valence-corrected chi connectivity index (χ0v) is 20.7. The number of nitrogens with one attached hydrogen (secondary N) is 3. The molecule has 3 heterocycles. The first-order valence-electron chi connectivity index (χ1n) is 11.9. The minimum Gasteiger partial charge on any atom is -0.379 e. The fourth-order valence-corrected chi connectivity index (χ4v) is 4.37. The summed E-state index contributed by atoms with van der Waals surface area (Å²) >= 11 is 0. The molecule has 12 heteroatoms. The molecule has 1 saturated carbocycles. The Balaban J connectivity index is 1.65. The summed E-state index contributed by atoms with van der Waals surface area (Å²) in [4.78, 5) is 30.7. The lowest BCUT2D eigenvalue weighted by atomic mass is 9.90. The average molecular weight is 502 g/mol. The summed E-state index contributed by atoms with van der Waals surface area (Å²) in [6, 6.07) is 2.76. The van der Waals surface area contributed by atoms with Crippen molar-refractivity contribution >= 4 is 24.1 Å². The van der Waals surface area contributed by atoms with Gasteiger partial charge in [0.2, 0.25) is 0 Å². The number of aliphatic imine (C=N–C) groups is 1. The number of alkyl halides is 1. The second kappa shape index (κ2) is 11.0. The molecule has 0 radical (unpaired) electrons. The van der Waals surface area contributed by atoms with E-state index in [4.69, 9.17) is 9.47 Å². The molecule has 3 aliphatic rings. The van der Waals surface area contributed by atoms with E-state index in [-0.39, 0.29) is 29.1 Å². The summed E-state index contributed by atoms with van der Waals surface area (Å²) in [6.45, 7) is 6.12. The van der Waals surface area contributed by atoms with Crippen LogP contribution in [0.1, 0.15) is 32.2 Å². The second-order valence-corrected chi connectivity index (χ2v) is 8.82. The Labute approximate surface area is 208 Å². The third-order valence-electron chi connectivity index (χ3n) is 6.68. The number of amides is 1. The molecule has 0 aromatic carbocycles. The first-order chi connectivity index (χ1) is 17.4. The quantitative estimate of drug-likeness (QED) is 0.382. The highest BCUT2D eigenvalue weighted by Crippen LogP contribution is 2.26. The van der Waals surface area contributed by atoms with Gasteiger partial charge in [0.1, 0.15) is 29.6 Å². The molecule has 194 valence electrons. The minimum atomic E-state index is -1.05. The molecule has 11 nitrogen and oxygen atoms in total. The number of hydrazone groups is 1. The summed E-state index contributed by atoms with van der Waals surface area (Å²) in [5.74, 6) is 0.556. The molecular weight excluding hydrogens is 469 g/mol. The Kier molecular flexibility index (Phi) is 7.85. The topological polar surface area (TPSA) is 122 Å². The van der Waals surface area contributed by atoms with E-state index in [1.807, 2.05) is 0 Å². The van der Waals surface area contributed by atoms with Crippen LogP contribution in [0.25, 0.3) is 0 Å². The van der Waals surface area contributed by atoms with Crippen molar-refractivity contribution in [2.24, 2.45) is 10.1 Å². The van der Waals surface area contributed by atoms with Gasteiger partial charge in [-0.3, -0.25) is 9.59 Å². The normalized spacial score (nSPS) is 27.3. The third kappa shape index (κ3) is 5.05. The number of pyridine rings is 1. The van der Waals surface area contributed by atoms with E-state index in [0.29, 0.717) is 49.8 Å². The van der Waals surface area contributed by atoms with E-state index in [1.54, 1.807) is 50.1 Å². The van der Waals surface area contributed by atoms with Crippen LogP contribution in [0.5, 0.6) is 0 Å². The third-order valence-corrected chi connectivity index (χ3v) is 6.68. The number of halogens is 1. The van der Waals surface area contributed by atoms with Crippen molar-refractivity contribution in [1.29, 1.82) is 0 Å². The van der Waals surface area contributed by atoms with Gasteiger partial charge in [-0.2, -0.15) is 10.1 Å². The molecular formula is C24H32FN7O4. The van der Waals surface area contributed by atoms with Gasteiger partial charge in [-0.1, -0.05) is 0 Å². The van der Waals surface area contributed by atoms with Gasteiger partial charge < -0.3 is 30.0 Å².